The zero-order chi connectivity index (χ0) is 19.6. The van der Waals surface area contributed by atoms with Crippen molar-refractivity contribution in [3.63, 3.8) is 0 Å². The van der Waals surface area contributed by atoms with Crippen molar-refractivity contribution >= 4 is 15.8 Å². The van der Waals surface area contributed by atoms with Crippen LogP contribution in [0.2, 0.25) is 0 Å². The Bertz CT molecular complexity index is 927. The number of morpholine rings is 1. The molecule has 9 heteroatoms. The lowest BCUT2D eigenvalue weighted by Gasteiger charge is -2.26. The first-order valence-electron chi connectivity index (χ1n) is 9.25. The van der Waals surface area contributed by atoms with Crippen LogP contribution in [0.5, 0.6) is 11.5 Å². The standard InChI is InChI=1S/C19H23N3O5S/c1-2-21(13-15-3-5-17-18(11-15)27-14-26-17)19-6-4-16(12-20-19)28(23,24)22-7-9-25-10-8-22/h3-6,11-12H,2,7-10,13-14H2,1H3. The maximum Gasteiger partial charge on any atom is 0.244 e. The quantitative estimate of drug-likeness (QED) is 0.726. The predicted molar refractivity (Wildman–Crippen MR) is 103 cm³/mol. The molecule has 0 amide bonds. The van der Waals surface area contributed by atoms with E-state index < -0.39 is 10.0 Å². The second-order valence-corrected chi connectivity index (χ2v) is 8.51. The van der Waals surface area contributed by atoms with Crippen molar-refractivity contribution in [3.05, 3.63) is 42.1 Å². The van der Waals surface area contributed by atoms with Gasteiger partial charge in [0, 0.05) is 32.4 Å². The second kappa shape index (κ2) is 7.94. The number of fused-ring (bicyclic) bond motifs is 1. The molecule has 2 aromatic rings. The Hall–Kier alpha value is -2.36. The van der Waals surface area contributed by atoms with Crippen LogP contribution in [0.1, 0.15) is 12.5 Å². The fourth-order valence-electron chi connectivity index (χ4n) is 3.26. The number of aromatic nitrogens is 1. The number of rotatable bonds is 6. The lowest BCUT2D eigenvalue weighted by Crippen LogP contribution is -2.40. The maximum atomic E-state index is 12.7. The summed E-state index contributed by atoms with van der Waals surface area (Å²) in [6.45, 7) is 5.23. The Balaban J connectivity index is 1.50. The lowest BCUT2D eigenvalue weighted by molar-refractivity contribution is 0.0730. The molecule has 0 N–H and O–H groups in total. The van der Waals surface area contributed by atoms with Gasteiger partial charge in [-0.2, -0.15) is 4.31 Å². The molecule has 1 aromatic carbocycles. The number of hydrogen-bond acceptors (Lipinski definition) is 7. The summed E-state index contributed by atoms with van der Waals surface area (Å²) in [7, 11) is -3.54. The van der Waals surface area contributed by atoms with Crippen LogP contribution in [-0.2, 0) is 21.3 Å². The minimum absolute atomic E-state index is 0.206. The first-order valence-corrected chi connectivity index (χ1v) is 10.7. The molecule has 2 aliphatic heterocycles. The topological polar surface area (TPSA) is 81.2 Å². The van der Waals surface area contributed by atoms with E-state index in [-0.39, 0.29) is 11.7 Å². The van der Waals surface area contributed by atoms with E-state index in [2.05, 4.69) is 9.88 Å². The summed E-state index contributed by atoms with van der Waals surface area (Å²) in [6, 6.07) is 9.23. The summed E-state index contributed by atoms with van der Waals surface area (Å²) >= 11 is 0. The molecule has 8 nitrogen and oxygen atoms in total. The van der Waals surface area contributed by atoms with Crippen molar-refractivity contribution < 1.29 is 22.6 Å². The second-order valence-electron chi connectivity index (χ2n) is 6.57. The summed E-state index contributed by atoms with van der Waals surface area (Å²) in [6.07, 6.45) is 1.43. The molecule has 2 aliphatic rings. The zero-order valence-electron chi connectivity index (χ0n) is 15.7. The Kier molecular flexibility index (Phi) is 5.38. The van der Waals surface area contributed by atoms with E-state index in [0.29, 0.717) is 32.8 Å². The van der Waals surface area contributed by atoms with E-state index in [4.69, 9.17) is 14.2 Å². The normalized spacial score (nSPS) is 16.9. The van der Waals surface area contributed by atoms with E-state index in [9.17, 15) is 8.42 Å². The summed E-state index contributed by atoms with van der Waals surface area (Å²) in [4.78, 5) is 6.69. The van der Waals surface area contributed by atoms with Gasteiger partial charge in [0.1, 0.15) is 10.7 Å². The summed E-state index contributed by atoms with van der Waals surface area (Å²) in [5, 5.41) is 0. The number of pyridine rings is 1. The molecule has 0 saturated carbocycles. The van der Waals surface area contributed by atoms with Crippen molar-refractivity contribution in [2.24, 2.45) is 0 Å². The highest BCUT2D eigenvalue weighted by Gasteiger charge is 2.26. The van der Waals surface area contributed by atoms with Crippen molar-refractivity contribution in [1.29, 1.82) is 0 Å². The van der Waals surface area contributed by atoms with Crippen LogP contribution in [0.4, 0.5) is 5.82 Å². The number of ether oxygens (including phenoxy) is 3. The van der Waals surface area contributed by atoms with E-state index in [1.807, 2.05) is 25.1 Å². The fraction of sp³-hybridized carbons (Fsp3) is 0.421. The highest BCUT2D eigenvalue weighted by molar-refractivity contribution is 7.89. The molecule has 150 valence electrons. The fourth-order valence-corrected chi connectivity index (χ4v) is 4.62. The zero-order valence-corrected chi connectivity index (χ0v) is 16.5. The first kappa shape index (κ1) is 19.0. The van der Waals surface area contributed by atoms with Crippen LogP contribution in [-0.4, -0.2) is 57.3 Å². The van der Waals surface area contributed by atoms with Gasteiger partial charge in [0.25, 0.3) is 0 Å². The third kappa shape index (κ3) is 3.78. The van der Waals surface area contributed by atoms with Crippen LogP contribution in [0.15, 0.2) is 41.4 Å². The smallest absolute Gasteiger partial charge is 0.244 e. The Morgan fingerprint density at radius 3 is 2.61 bits per heavy atom. The SMILES string of the molecule is CCN(Cc1ccc2c(c1)OCO2)c1ccc(S(=O)(=O)N2CCOCC2)cn1. The molecule has 0 spiro atoms. The minimum atomic E-state index is -3.54. The molecule has 1 saturated heterocycles. The molecule has 1 fully saturated rings. The number of benzene rings is 1. The molecule has 0 atom stereocenters. The van der Waals surface area contributed by atoms with Crippen LogP contribution in [0.25, 0.3) is 0 Å². The molecule has 1 aromatic heterocycles. The summed E-state index contributed by atoms with van der Waals surface area (Å²) in [5.41, 5.74) is 1.07. The highest BCUT2D eigenvalue weighted by atomic mass is 32.2. The van der Waals surface area contributed by atoms with E-state index in [1.54, 1.807) is 12.1 Å². The average Bonchev–Trinajstić information content (AvgIpc) is 3.20. The molecule has 0 bridgehead atoms. The van der Waals surface area contributed by atoms with Crippen LogP contribution in [0.3, 0.4) is 0 Å². The highest BCUT2D eigenvalue weighted by Crippen LogP contribution is 2.33. The van der Waals surface area contributed by atoms with Crippen molar-refractivity contribution in [2.75, 3.05) is 44.5 Å². The van der Waals surface area contributed by atoms with E-state index in [0.717, 1.165) is 29.4 Å². The van der Waals surface area contributed by atoms with Crippen LogP contribution < -0.4 is 14.4 Å². The molecule has 0 aliphatic carbocycles. The van der Waals surface area contributed by atoms with Crippen LogP contribution >= 0.6 is 0 Å². The molecular formula is C19H23N3O5S. The third-order valence-corrected chi connectivity index (χ3v) is 6.73. The van der Waals surface area contributed by atoms with Gasteiger partial charge in [-0.1, -0.05) is 6.07 Å². The molecule has 4 rings (SSSR count). The van der Waals surface area contributed by atoms with Gasteiger partial charge in [-0.15, -0.1) is 0 Å². The summed E-state index contributed by atoms with van der Waals surface area (Å²) < 4.78 is 42.9. The average molecular weight is 405 g/mol. The lowest BCUT2D eigenvalue weighted by atomic mass is 10.2. The minimum Gasteiger partial charge on any atom is -0.454 e. The van der Waals surface area contributed by atoms with Crippen molar-refractivity contribution in [2.45, 2.75) is 18.4 Å². The molecule has 28 heavy (non-hydrogen) atoms. The van der Waals surface area contributed by atoms with Crippen molar-refractivity contribution in [3.8, 4) is 11.5 Å². The third-order valence-electron chi connectivity index (χ3n) is 4.84. The molecular weight excluding hydrogens is 382 g/mol. The Morgan fingerprint density at radius 2 is 1.89 bits per heavy atom. The first-order chi connectivity index (χ1) is 13.6. The monoisotopic (exact) mass is 405 g/mol. The van der Waals surface area contributed by atoms with Crippen molar-refractivity contribution in [1.82, 2.24) is 9.29 Å². The number of hydrogen-bond donors (Lipinski definition) is 0. The maximum absolute atomic E-state index is 12.7. The van der Waals surface area contributed by atoms with Gasteiger partial charge in [-0.25, -0.2) is 13.4 Å². The molecule has 0 unspecified atom stereocenters. The van der Waals surface area contributed by atoms with E-state index >= 15 is 0 Å². The van der Waals surface area contributed by atoms with Gasteiger partial charge in [-0.05, 0) is 36.8 Å². The van der Waals surface area contributed by atoms with Gasteiger partial charge in [0.05, 0.1) is 13.2 Å². The Labute approximate surface area is 164 Å². The van der Waals surface area contributed by atoms with Gasteiger partial charge < -0.3 is 19.1 Å². The largest absolute Gasteiger partial charge is 0.454 e. The Morgan fingerprint density at radius 1 is 1.11 bits per heavy atom. The summed E-state index contributed by atoms with van der Waals surface area (Å²) in [5.74, 6) is 2.22. The number of anilines is 1. The van der Waals surface area contributed by atoms with E-state index in [1.165, 1.54) is 10.5 Å². The van der Waals surface area contributed by atoms with Gasteiger partial charge in [-0.3, -0.25) is 0 Å². The van der Waals surface area contributed by atoms with Gasteiger partial charge in [0.2, 0.25) is 16.8 Å². The van der Waals surface area contributed by atoms with Crippen LogP contribution in [0, 0.1) is 0 Å². The molecule has 0 radical (unpaired) electrons. The van der Waals surface area contributed by atoms with Gasteiger partial charge >= 0.3 is 0 Å². The van der Waals surface area contributed by atoms with Gasteiger partial charge in [0.15, 0.2) is 11.5 Å². The number of sulfonamides is 1. The predicted octanol–water partition coefficient (Wildman–Crippen LogP) is 1.86. The number of nitrogens with zero attached hydrogens (tertiary/aromatic N) is 3. The molecule has 3 heterocycles.